The first kappa shape index (κ1) is 23.3. The van der Waals surface area contributed by atoms with Crippen molar-refractivity contribution in [3.05, 3.63) is 11.1 Å². The van der Waals surface area contributed by atoms with E-state index in [1.807, 2.05) is 31.1 Å². The molecule has 3 aliphatic rings. The van der Waals surface area contributed by atoms with Crippen LogP contribution in [0.5, 0.6) is 0 Å². The molecule has 1 N–H and O–H groups in total. The summed E-state index contributed by atoms with van der Waals surface area (Å²) in [7, 11) is 1.71. The van der Waals surface area contributed by atoms with Gasteiger partial charge in [-0.15, -0.1) is 0 Å². The van der Waals surface area contributed by atoms with E-state index in [4.69, 9.17) is 4.74 Å². The molecule has 0 saturated carbocycles. The van der Waals surface area contributed by atoms with Crippen LogP contribution >= 0.6 is 11.8 Å². The molecule has 2 fully saturated rings. The summed E-state index contributed by atoms with van der Waals surface area (Å²) >= 11 is 1.50. The highest BCUT2D eigenvalue weighted by Gasteiger charge is 2.31. The van der Waals surface area contributed by atoms with Gasteiger partial charge >= 0.3 is 6.09 Å². The zero-order valence-electron chi connectivity index (χ0n) is 19.1. The van der Waals surface area contributed by atoms with E-state index in [-0.39, 0.29) is 17.5 Å². The summed E-state index contributed by atoms with van der Waals surface area (Å²) in [5, 5.41) is 5.23. The Hall–Kier alpha value is -1.41. The van der Waals surface area contributed by atoms with Crippen molar-refractivity contribution in [3.63, 3.8) is 0 Å². The maximum absolute atomic E-state index is 12.8. The van der Waals surface area contributed by atoms with Crippen LogP contribution < -0.4 is 5.32 Å². The van der Waals surface area contributed by atoms with Crippen LogP contribution in [-0.4, -0.2) is 77.1 Å². The lowest BCUT2D eigenvalue weighted by atomic mass is 9.95. The van der Waals surface area contributed by atoms with Crippen LogP contribution in [0.3, 0.4) is 0 Å². The normalized spacial score (nSPS) is 24.4. The lowest BCUT2D eigenvalue weighted by molar-refractivity contribution is -0.132. The molecule has 8 heteroatoms. The molecule has 170 valence electrons. The predicted molar refractivity (Wildman–Crippen MR) is 121 cm³/mol. The van der Waals surface area contributed by atoms with Gasteiger partial charge in [0.15, 0.2) is 5.50 Å². The second kappa shape index (κ2) is 9.81. The summed E-state index contributed by atoms with van der Waals surface area (Å²) in [4.78, 5) is 31.2. The van der Waals surface area contributed by atoms with Gasteiger partial charge in [0.1, 0.15) is 5.60 Å². The maximum Gasteiger partial charge on any atom is 0.412 e. The molecule has 0 bridgehead atoms. The number of carbonyl (C=O) groups excluding carboxylic acids is 2. The number of ether oxygens (including phenoxy) is 1. The van der Waals surface area contributed by atoms with E-state index in [0.717, 1.165) is 37.5 Å². The molecule has 0 aromatic heterocycles. The molecule has 3 rings (SSSR count). The van der Waals surface area contributed by atoms with Gasteiger partial charge in [0.25, 0.3) is 0 Å². The minimum Gasteiger partial charge on any atom is -0.444 e. The van der Waals surface area contributed by atoms with E-state index in [1.54, 1.807) is 7.05 Å². The fourth-order valence-corrected chi connectivity index (χ4v) is 5.17. The van der Waals surface area contributed by atoms with Crippen LogP contribution in [-0.2, 0) is 9.53 Å². The molecule has 0 spiro atoms. The smallest absolute Gasteiger partial charge is 0.412 e. The number of thioether (sulfide) groups is 1. The van der Waals surface area contributed by atoms with Crippen LogP contribution in [0.25, 0.3) is 0 Å². The van der Waals surface area contributed by atoms with Crippen LogP contribution in [0.4, 0.5) is 4.79 Å². The molecule has 3 aliphatic heterocycles. The van der Waals surface area contributed by atoms with E-state index < -0.39 is 5.60 Å². The van der Waals surface area contributed by atoms with Gasteiger partial charge in [0, 0.05) is 31.9 Å². The molecule has 1 unspecified atom stereocenters. The molecule has 1 atom stereocenters. The summed E-state index contributed by atoms with van der Waals surface area (Å²) in [5.41, 5.74) is 0.104. The Morgan fingerprint density at radius 1 is 1.17 bits per heavy atom. The first-order valence-electron chi connectivity index (χ1n) is 11.2. The average molecular weight is 439 g/mol. The second-order valence-electron chi connectivity index (χ2n) is 9.87. The van der Waals surface area contributed by atoms with Gasteiger partial charge in [-0.2, -0.15) is 0 Å². The van der Waals surface area contributed by atoms with Gasteiger partial charge in [0.05, 0.1) is 6.42 Å². The molecule has 3 heterocycles. The highest BCUT2D eigenvalue weighted by molar-refractivity contribution is 8.02. The minimum absolute atomic E-state index is 0.167. The quantitative estimate of drug-likeness (QED) is 0.726. The summed E-state index contributed by atoms with van der Waals surface area (Å²) < 4.78 is 5.42. The van der Waals surface area contributed by atoms with Gasteiger partial charge in [-0.3, -0.25) is 9.69 Å². The van der Waals surface area contributed by atoms with E-state index in [1.165, 1.54) is 42.6 Å². The zero-order valence-corrected chi connectivity index (χ0v) is 20.0. The Kier molecular flexibility index (Phi) is 7.61. The molecule has 0 aliphatic carbocycles. The highest BCUT2D eigenvalue weighted by atomic mass is 32.2. The van der Waals surface area contributed by atoms with Crippen molar-refractivity contribution in [1.29, 1.82) is 0 Å². The number of carbonyl (C=O) groups is 2. The van der Waals surface area contributed by atoms with Gasteiger partial charge in [-0.05, 0) is 70.9 Å². The van der Waals surface area contributed by atoms with Crippen molar-refractivity contribution in [2.75, 3.05) is 33.2 Å². The van der Waals surface area contributed by atoms with Crippen molar-refractivity contribution >= 4 is 23.8 Å². The standard InChI is InChI=1S/C22H38N4O3S/c1-16-6-10-25(11-7-16)18-8-12-26(13-9-18)19(27)14-17-15-30-20(23-17)24(5)21(28)29-22(2,3)4/h15-16,18,20,23H,6-14H2,1-5H3. The molecule has 0 aromatic carbocycles. The number of nitrogens with zero attached hydrogens (tertiary/aromatic N) is 3. The lowest BCUT2D eigenvalue weighted by Crippen LogP contribution is -2.49. The maximum atomic E-state index is 12.8. The Morgan fingerprint density at radius 3 is 2.40 bits per heavy atom. The molecule has 7 nitrogen and oxygen atoms in total. The number of hydrogen-bond acceptors (Lipinski definition) is 6. The molecule has 2 amide bonds. The van der Waals surface area contributed by atoms with Crippen LogP contribution in [0, 0.1) is 5.92 Å². The largest absolute Gasteiger partial charge is 0.444 e. The van der Waals surface area contributed by atoms with Crippen molar-refractivity contribution in [3.8, 4) is 0 Å². The monoisotopic (exact) mass is 438 g/mol. The third-order valence-corrected chi connectivity index (χ3v) is 7.29. The van der Waals surface area contributed by atoms with Crippen LogP contribution in [0.1, 0.15) is 59.8 Å². The first-order valence-corrected chi connectivity index (χ1v) is 12.2. The van der Waals surface area contributed by atoms with Crippen molar-refractivity contribution in [1.82, 2.24) is 20.0 Å². The summed E-state index contributed by atoms with van der Waals surface area (Å²) in [5.74, 6) is 1.02. The summed E-state index contributed by atoms with van der Waals surface area (Å²) in [6, 6.07) is 0.632. The van der Waals surface area contributed by atoms with Crippen molar-refractivity contribution < 1.29 is 14.3 Å². The van der Waals surface area contributed by atoms with Gasteiger partial charge < -0.3 is 19.9 Å². The molecule has 2 saturated heterocycles. The van der Waals surface area contributed by atoms with E-state index in [0.29, 0.717) is 12.5 Å². The fraction of sp³-hybridized carbons (Fsp3) is 0.818. The van der Waals surface area contributed by atoms with E-state index in [2.05, 4.69) is 17.1 Å². The SMILES string of the molecule is CC1CCN(C2CCN(C(=O)CC3=CSC(N(C)C(=O)OC(C)(C)C)N3)CC2)CC1. The number of nitrogens with one attached hydrogen (secondary N) is 1. The first-order chi connectivity index (χ1) is 14.1. The molecular formula is C22H38N4O3S. The number of piperidine rings is 2. The Morgan fingerprint density at radius 2 is 1.80 bits per heavy atom. The van der Waals surface area contributed by atoms with Gasteiger partial charge in [-0.25, -0.2) is 4.79 Å². The Labute approximate surface area is 185 Å². The van der Waals surface area contributed by atoms with Crippen molar-refractivity contribution in [2.24, 2.45) is 5.92 Å². The van der Waals surface area contributed by atoms with Crippen LogP contribution in [0.15, 0.2) is 11.1 Å². The molecule has 0 aromatic rings. The van der Waals surface area contributed by atoms with Gasteiger partial charge in [-0.1, -0.05) is 18.7 Å². The number of amides is 2. The third-order valence-electron chi connectivity index (χ3n) is 6.17. The summed E-state index contributed by atoms with van der Waals surface area (Å²) in [6.45, 7) is 12.0. The average Bonchev–Trinajstić information content (AvgIpc) is 3.15. The van der Waals surface area contributed by atoms with Gasteiger partial charge in [0.2, 0.25) is 5.91 Å². The number of hydrogen-bond donors (Lipinski definition) is 1. The summed E-state index contributed by atoms with van der Waals surface area (Å²) in [6.07, 6.45) is 4.74. The fourth-order valence-electron chi connectivity index (χ4n) is 4.23. The molecular weight excluding hydrogens is 400 g/mol. The topological polar surface area (TPSA) is 65.1 Å². The second-order valence-corrected chi connectivity index (χ2v) is 10.8. The number of likely N-dealkylation sites (tertiary alicyclic amines) is 2. The predicted octanol–water partition coefficient (Wildman–Crippen LogP) is 3.43. The zero-order chi connectivity index (χ0) is 21.9. The van der Waals surface area contributed by atoms with Crippen molar-refractivity contribution in [2.45, 2.75) is 76.9 Å². The minimum atomic E-state index is -0.528. The van der Waals surface area contributed by atoms with E-state index >= 15 is 0 Å². The number of rotatable bonds is 4. The Bertz CT molecular complexity index is 647. The van der Waals surface area contributed by atoms with Crippen LogP contribution in [0.2, 0.25) is 0 Å². The molecule has 0 radical (unpaired) electrons. The Balaban J connectivity index is 1.40. The van der Waals surface area contributed by atoms with E-state index in [9.17, 15) is 9.59 Å². The molecule has 30 heavy (non-hydrogen) atoms. The highest BCUT2D eigenvalue weighted by Crippen LogP contribution is 2.27. The lowest BCUT2D eigenvalue weighted by Gasteiger charge is -2.41. The third kappa shape index (κ3) is 6.30.